The molecule has 1 aliphatic carbocycles. The number of fused-ring (bicyclic) bond motifs is 1. The number of pyridine rings is 1. The Morgan fingerprint density at radius 1 is 1.10 bits per heavy atom. The van der Waals surface area contributed by atoms with Crippen molar-refractivity contribution in [1.82, 2.24) is 4.98 Å². The molecular formula is C19H26N2. The number of nitrogens with two attached hydrogens (primary N) is 1. The van der Waals surface area contributed by atoms with Crippen molar-refractivity contribution in [2.75, 3.05) is 0 Å². The number of aromatic nitrogens is 1. The average molecular weight is 282 g/mol. The van der Waals surface area contributed by atoms with Crippen LogP contribution >= 0.6 is 0 Å². The van der Waals surface area contributed by atoms with Gasteiger partial charge in [-0.15, -0.1) is 0 Å². The largest absolute Gasteiger partial charge is 0.327 e. The quantitative estimate of drug-likeness (QED) is 0.837. The van der Waals surface area contributed by atoms with E-state index in [0.29, 0.717) is 11.3 Å². The van der Waals surface area contributed by atoms with E-state index >= 15 is 0 Å². The van der Waals surface area contributed by atoms with Gasteiger partial charge in [-0.05, 0) is 41.5 Å². The van der Waals surface area contributed by atoms with Crippen molar-refractivity contribution in [3.05, 3.63) is 42.2 Å². The van der Waals surface area contributed by atoms with Crippen LogP contribution in [0.15, 0.2) is 36.7 Å². The van der Waals surface area contributed by atoms with Gasteiger partial charge >= 0.3 is 0 Å². The normalized spacial score (nSPS) is 27.0. The maximum absolute atomic E-state index is 6.48. The fourth-order valence-electron chi connectivity index (χ4n) is 3.77. The van der Waals surface area contributed by atoms with Crippen LogP contribution in [0.2, 0.25) is 0 Å². The van der Waals surface area contributed by atoms with Crippen molar-refractivity contribution >= 4 is 10.8 Å². The molecule has 2 aromatic rings. The summed E-state index contributed by atoms with van der Waals surface area (Å²) in [4.78, 5) is 4.45. The molecule has 1 saturated carbocycles. The Hall–Kier alpha value is -1.41. The van der Waals surface area contributed by atoms with Crippen molar-refractivity contribution in [3.8, 4) is 0 Å². The van der Waals surface area contributed by atoms with E-state index in [1.807, 2.05) is 12.4 Å². The molecule has 3 unspecified atom stereocenters. The van der Waals surface area contributed by atoms with Gasteiger partial charge in [0.1, 0.15) is 0 Å². The van der Waals surface area contributed by atoms with Crippen LogP contribution < -0.4 is 5.73 Å². The van der Waals surface area contributed by atoms with Gasteiger partial charge in [0, 0.05) is 29.7 Å². The molecular weight excluding hydrogens is 256 g/mol. The van der Waals surface area contributed by atoms with E-state index in [2.05, 4.69) is 50.0 Å². The molecule has 1 aliphatic rings. The van der Waals surface area contributed by atoms with Gasteiger partial charge in [-0.3, -0.25) is 4.98 Å². The van der Waals surface area contributed by atoms with Crippen LogP contribution in [0.4, 0.5) is 0 Å². The molecule has 1 fully saturated rings. The molecule has 0 radical (unpaired) electrons. The Morgan fingerprint density at radius 2 is 1.86 bits per heavy atom. The lowest BCUT2D eigenvalue weighted by molar-refractivity contribution is 0.154. The summed E-state index contributed by atoms with van der Waals surface area (Å²) in [5.74, 6) is 1.17. The number of rotatable bonds is 1. The Labute approximate surface area is 127 Å². The zero-order valence-electron chi connectivity index (χ0n) is 13.3. The second-order valence-electron chi connectivity index (χ2n) is 7.60. The van der Waals surface area contributed by atoms with E-state index < -0.39 is 0 Å². The first kappa shape index (κ1) is 14.5. The van der Waals surface area contributed by atoms with Crippen molar-refractivity contribution in [1.29, 1.82) is 0 Å². The van der Waals surface area contributed by atoms with Crippen LogP contribution in [0.25, 0.3) is 10.8 Å². The molecule has 0 aliphatic heterocycles. The second kappa shape index (κ2) is 5.42. The van der Waals surface area contributed by atoms with Gasteiger partial charge in [-0.25, -0.2) is 0 Å². The molecule has 0 bridgehead atoms. The summed E-state index contributed by atoms with van der Waals surface area (Å²) >= 11 is 0. The number of benzene rings is 1. The molecule has 0 amide bonds. The van der Waals surface area contributed by atoms with Crippen LogP contribution in [0.3, 0.4) is 0 Å². The fraction of sp³-hybridized carbons (Fsp3) is 0.526. The minimum absolute atomic E-state index is 0.260. The molecule has 1 aromatic carbocycles. The van der Waals surface area contributed by atoms with Gasteiger partial charge in [-0.1, -0.05) is 45.0 Å². The highest BCUT2D eigenvalue weighted by molar-refractivity contribution is 5.85. The minimum atomic E-state index is 0.260. The van der Waals surface area contributed by atoms with Gasteiger partial charge in [-0.2, -0.15) is 0 Å². The maximum Gasteiger partial charge on any atom is 0.0346 e. The first-order valence-electron chi connectivity index (χ1n) is 8.05. The predicted octanol–water partition coefficient (Wildman–Crippen LogP) is 4.49. The van der Waals surface area contributed by atoms with Crippen LogP contribution in [-0.4, -0.2) is 11.0 Å². The second-order valence-corrected chi connectivity index (χ2v) is 7.60. The Morgan fingerprint density at radius 3 is 2.62 bits per heavy atom. The third-order valence-corrected chi connectivity index (χ3v) is 5.23. The fourth-order valence-corrected chi connectivity index (χ4v) is 3.77. The Bertz CT molecular complexity index is 621. The molecule has 21 heavy (non-hydrogen) atoms. The summed E-state index contributed by atoms with van der Waals surface area (Å²) in [7, 11) is 0. The zero-order chi connectivity index (χ0) is 15.0. The van der Waals surface area contributed by atoms with Crippen molar-refractivity contribution < 1.29 is 0 Å². The molecule has 3 rings (SSSR count). The lowest BCUT2D eigenvalue weighted by Crippen LogP contribution is -2.38. The maximum atomic E-state index is 6.48. The SMILES string of the molecule is CC(C)(C)C1CCC(N)C(c2cncc3ccccc23)C1. The first-order valence-corrected chi connectivity index (χ1v) is 8.05. The summed E-state index contributed by atoms with van der Waals surface area (Å²) in [5, 5.41) is 2.54. The van der Waals surface area contributed by atoms with Gasteiger partial charge in [0.05, 0.1) is 0 Å². The predicted molar refractivity (Wildman–Crippen MR) is 89.3 cm³/mol. The monoisotopic (exact) mass is 282 g/mol. The Balaban J connectivity index is 2.00. The lowest BCUT2D eigenvalue weighted by atomic mass is 9.66. The van der Waals surface area contributed by atoms with E-state index in [1.165, 1.54) is 29.2 Å². The molecule has 0 spiro atoms. The zero-order valence-corrected chi connectivity index (χ0v) is 13.3. The van der Waals surface area contributed by atoms with Crippen molar-refractivity contribution in [2.45, 2.75) is 52.0 Å². The summed E-state index contributed by atoms with van der Waals surface area (Å²) < 4.78 is 0. The topological polar surface area (TPSA) is 38.9 Å². The molecule has 1 aromatic heterocycles. The average Bonchev–Trinajstić information content (AvgIpc) is 2.46. The number of nitrogens with zero attached hydrogens (tertiary/aromatic N) is 1. The van der Waals surface area contributed by atoms with E-state index in [0.717, 1.165) is 12.3 Å². The van der Waals surface area contributed by atoms with Crippen LogP contribution in [0.5, 0.6) is 0 Å². The third-order valence-electron chi connectivity index (χ3n) is 5.23. The molecule has 2 N–H and O–H groups in total. The summed E-state index contributed by atoms with van der Waals surface area (Å²) in [6.07, 6.45) is 7.54. The van der Waals surface area contributed by atoms with Gasteiger partial charge in [0.2, 0.25) is 0 Å². The summed E-state index contributed by atoms with van der Waals surface area (Å²) in [6.45, 7) is 7.06. The van der Waals surface area contributed by atoms with E-state index in [-0.39, 0.29) is 6.04 Å². The van der Waals surface area contributed by atoms with E-state index in [1.54, 1.807) is 0 Å². The van der Waals surface area contributed by atoms with Crippen LogP contribution in [0, 0.1) is 11.3 Å². The van der Waals surface area contributed by atoms with E-state index in [4.69, 9.17) is 5.73 Å². The lowest BCUT2D eigenvalue weighted by Gasteiger charge is -2.41. The van der Waals surface area contributed by atoms with Crippen molar-refractivity contribution in [2.24, 2.45) is 17.1 Å². The van der Waals surface area contributed by atoms with Crippen molar-refractivity contribution in [3.63, 3.8) is 0 Å². The highest BCUT2D eigenvalue weighted by Crippen LogP contribution is 2.44. The molecule has 3 atom stereocenters. The first-order chi connectivity index (χ1) is 9.97. The molecule has 1 heterocycles. The summed E-state index contributed by atoms with van der Waals surface area (Å²) in [6, 6.07) is 8.80. The van der Waals surface area contributed by atoms with Crippen LogP contribution in [0.1, 0.15) is 51.5 Å². The molecule has 0 saturated heterocycles. The number of hydrogen-bond acceptors (Lipinski definition) is 2. The van der Waals surface area contributed by atoms with Crippen LogP contribution in [-0.2, 0) is 0 Å². The van der Waals surface area contributed by atoms with Gasteiger partial charge in [0.25, 0.3) is 0 Å². The number of hydrogen-bond donors (Lipinski definition) is 1. The molecule has 2 heteroatoms. The Kier molecular flexibility index (Phi) is 3.75. The summed E-state index contributed by atoms with van der Waals surface area (Å²) in [5.41, 5.74) is 8.18. The highest BCUT2D eigenvalue weighted by atomic mass is 14.7. The third kappa shape index (κ3) is 2.82. The highest BCUT2D eigenvalue weighted by Gasteiger charge is 2.35. The standard InChI is InChI=1S/C19H26N2/c1-19(2,3)14-8-9-18(20)16(10-14)17-12-21-11-13-6-4-5-7-15(13)17/h4-7,11-12,14,16,18H,8-10,20H2,1-3H3. The smallest absolute Gasteiger partial charge is 0.0346 e. The molecule has 112 valence electrons. The molecule has 2 nitrogen and oxygen atoms in total. The van der Waals surface area contributed by atoms with Gasteiger partial charge in [0.15, 0.2) is 0 Å². The van der Waals surface area contributed by atoms with E-state index in [9.17, 15) is 0 Å². The van der Waals surface area contributed by atoms with Gasteiger partial charge < -0.3 is 5.73 Å². The minimum Gasteiger partial charge on any atom is -0.327 e.